The summed E-state index contributed by atoms with van der Waals surface area (Å²) in [6.07, 6.45) is 4.72. The Morgan fingerprint density at radius 2 is 2.04 bits per heavy atom. The summed E-state index contributed by atoms with van der Waals surface area (Å²) in [4.78, 5) is 13.2. The van der Waals surface area contributed by atoms with Gasteiger partial charge in [-0.15, -0.1) is 23.5 Å². The molecule has 24 heavy (non-hydrogen) atoms. The molecular formula is C14H18N4O3S3. The Morgan fingerprint density at radius 1 is 1.33 bits per heavy atom. The number of thioether (sulfide) groups is 2. The first-order chi connectivity index (χ1) is 11.3. The SMILES string of the molecule is CSc1cccc(NC(=O)Cn2nc(SC)c(S(C)(=O)=O)c2N)c1. The van der Waals surface area contributed by atoms with Crippen LogP contribution in [-0.2, 0) is 21.2 Å². The van der Waals surface area contributed by atoms with Crippen molar-refractivity contribution >= 4 is 50.8 Å². The van der Waals surface area contributed by atoms with Gasteiger partial charge in [0, 0.05) is 16.8 Å². The molecule has 0 aliphatic carbocycles. The molecule has 130 valence electrons. The number of benzene rings is 1. The van der Waals surface area contributed by atoms with Crippen LogP contribution in [-0.4, -0.2) is 42.9 Å². The lowest BCUT2D eigenvalue weighted by Gasteiger charge is -2.08. The Hall–Kier alpha value is -1.65. The Bertz CT molecular complexity index is 862. The largest absolute Gasteiger partial charge is 0.383 e. The van der Waals surface area contributed by atoms with Gasteiger partial charge in [-0.1, -0.05) is 6.07 Å². The van der Waals surface area contributed by atoms with Crippen molar-refractivity contribution in [3.63, 3.8) is 0 Å². The highest BCUT2D eigenvalue weighted by Crippen LogP contribution is 2.29. The van der Waals surface area contributed by atoms with Gasteiger partial charge in [0.2, 0.25) is 5.91 Å². The van der Waals surface area contributed by atoms with Gasteiger partial charge in [-0.05, 0) is 30.7 Å². The van der Waals surface area contributed by atoms with Gasteiger partial charge in [0.15, 0.2) is 9.84 Å². The minimum atomic E-state index is -3.52. The fourth-order valence-electron chi connectivity index (χ4n) is 2.08. The molecule has 1 amide bonds. The molecule has 3 N–H and O–H groups in total. The number of amides is 1. The maximum absolute atomic E-state index is 12.2. The molecule has 0 aliphatic rings. The van der Waals surface area contributed by atoms with E-state index in [1.165, 1.54) is 16.4 Å². The Morgan fingerprint density at radius 3 is 2.58 bits per heavy atom. The number of anilines is 2. The Kier molecular flexibility index (Phi) is 5.83. The third kappa shape index (κ3) is 4.25. The molecule has 0 saturated carbocycles. The zero-order chi connectivity index (χ0) is 17.9. The van der Waals surface area contributed by atoms with Crippen LogP contribution in [0.5, 0.6) is 0 Å². The molecule has 1 aromatic heterocycles. The first-order valence-electron chi connectivity index (χ1n) is 6.80. The van der Waals surface area contributed by atoms with E-state index in [1.807, 2.05) is 24.5 Å². The predicted molar refractivity (Wildman–Crippen MR) is 98.4 cm³/mol. The average Bonchev–Trinajstić information content (AvgIpc) is 2.83. The molecule has 1 heterocycles. The molecule has 0 atom stereocenters. The quantitative estimate of drug-likeness (QED) is 0.731. The second-order valence-electron chi connectivity index (χ2n) is 4.93. The number of nitrogens with zero attached hydrogens (tertiary/aromatic N) is 2. The van der Waals surface area contributed by atoms with Crippen molar-refractivity contribution in [3.05, 3.63) is 24.3 Å². The van der Waals surface area contributed by atoms with Crippen molar-refractivity contribution in [2.75, 3.05) is 29.8 Å². The van der Waals surface area contributed by atoms with E-state index in [2.05, 4.69) is 10.4 Å². The number of hydrogen-bond acceptors (Lipinski definition) is 7. The summed E-state index contributed by atoms with van der Waals surface area (Å²) in [5.41, 5.74) is 6.54. The molecule has 0 unspecified atom stereocenters. The maximum Gasteiger partial charge on any atom is 0.246 e. The van der Waals surface area contributed by atoms with Crippen molar-refractivity contribution in [2.24, 2.45) is 0 Å². The highest BCUT2D eigenvalue weighted by Gasteiger charge is 2.24. The number of nitrogens with one attached hydrogen (secondary N) is 1. The second-order valence-corrected chi connectivity index (χ2v) is 8.56. The van der Waals surface area contributed by atoms with Crippen molar-refractivity contribution in [3.8, 4) is 0 Å². The molecule has 2 rings (SSSR count). The van der Waals surface area contributed by atoms with E-state index in [-0.39, 0.29) is 28.2 Å². The molecule has 10 heteroatoms. The first-order valence-corrected chi connectivity index (χ1v) is 11.1. The minimum Gasteiger partial charge on any atom is -0.383 e. The van der Waals surface area contributed by atoms with Gasteiger partial charge in [-0.3, -0.25) is 4.79 Å². The molecule has 0 fully saturated rings. The average molecular weight is 387 g/mol. The number of nitrogens with two attached hydrogens (primary N) is 1. The van der Waals surface area contributed by atoms with E-state index in [4.69, 9.17) is 5.73 Å². The molecule has 0 spiro atoms. The molecule has 7 nitrogen and oxygen atoms in total. The summed E-state index contributed by atoms with van der Waals surface area (Å²) in [7, 11) is -3.52. The van der Waals surface area contributed by atoms with Crippen LogP contribution in [0.4, 0.5) is 11.5 Å². The lowest BCUT2D eigenvalue weighted by molar-refractivity contribution is -0.116. The zero-order valence-electron chi connectivity index (χ0n) is 13.4. The summed E-state index contributed by atoms with van der Waals surface area (Å²) in [6, 6.07) is 7.41. The fourth-order valence-corrected chi connectivity index (χ4v) is 4.55. The summed E-state index contributed by atoms with van der Waals surface area (Å²) >= 11 is 2.74. The van der Waals surface area contributed by atoms with Gasteiger partial charge in [-0.2, -0.15) is 5.10 Å². The number of nitrogen functional groups attached to an aromatic ring is 1. The van der Waals surface area contributed by atoms with Gasteiger partial charge in [-0.25, -0.2) is 13.1 Å². The number of rotatable bonds is 6. The number of sulfone groups is 1. The predicted octanol–water partition coefficient (Wildman–Crippen LogP) is 1.95. The van der Waals surface area contributed by atoms with E-state index >= 15 is 0 Å². The summed E-state index contributed by atoms with van der Waals surface area (Å²) in [5.74, 6) is -0.370. The van der Waals surface area contributed by atoms with E-state index in [9.17, 15) is 13.2 Å². The summed E-state index contributed by atoms with van der Waals surface area (Å²) in [5, 5.41) is 7.16. The third-order valence-corrected chi connectivity index (χ3v) is 5.80. The van der Waals surface area contributed by atoms with E-state index < -0.39 is 9.84 Å². The van der Waals surface area contributed by atoms with Gasteiger partial charge in [0.05, 0.1) is 0 Å². The number of carbonyl (C=O) groups is 1. The van der Waals surface area contributed by atoms with Crippen LogP contribution in [0.15, 0.2) is 39.1 Å². The van der Waals surface area contributed by atoms with Gasteiger partial charge in [0.25, 0.3) is 0 Å². The van der Waals surface area contributed by atoms with Crippen LogP contribution in [0.3, 0.4) is 0 Å². The Labute approximate surface area is 149 Å². The van der Waals surface area contributed by atoms with Crippen LogP contribution < -0.4 is 11.1 Å². The topological polar surface area (TPSA) is 107 Å². The highest BCUT2D eigenvalue weighted by atomic mass is 32.2. The lowest BCUT2D eigenvalue weighted by Crippen LogP contribution is -2.21. The molecule has 0 bridgehead atoms. The van der Waals surface area contributed by atoms with Gasteiger partial charge in [0.1, 0.15) is 22.3 Å². The highest BCUT2D eigenvalue weighted by molar-refractivity contribution is 7.99. The lowest BCUT2D eigenvalue weighted by atomic mass is 10.3. The van der Waals surface area contributed by atoms with Gasteiger partial charge < -0.3 is 11.1 Å². The normalized spacial score (nSPS) is 11.5. The number of aromatic nitrogens is 2. The van der Waals surface area contributed by atoms with Gasteiger partial charge >= 0.3 is 0 Å². The minimum absolute atomic E-state index is 0.0325. The zero-order valence-corrected chi connectivity index (χ0v) is 15.9. The Balaban J connectivity index is 2.22. The summed E-state index contributed by atoms with van der Waals surface area (Å²) < 4.78 is 24.9. The maximum atomic E-state index is 12.2. The van der Waals surface area contributed by atoms with E-state index in [0.717, 1.165) is 11.2 Å². The molecule has 0 radical (unpaired) electrons. The smallest absolute Gasteiger partial charge is 0.246 e. The first kappa shape index (κ1) is 18.7. The van der Waals surface area contributed by atoms with Crippen molar-refractivity contribution in [2.45, 2.75) is 21.4 Å². The molecule has 1 aromatic carbocycles. The van der Waals surface area contributed by atoms with Crippen LogP contribution >= 0.6 is 23.5 Å². The number of carbonyl (C=O) groups excluding carboxylic acids is 1. The molecule has 0 aliphatic heterocycles. The van der Waals surface area contributed by atoms with Crippen LogP contribution in [0.1, 0.15) is 0 Å². The standard InChI is InChI=1S/C14H18N4O3S3/c1-22-10-6-4-5-9(7-10)16-11(19)8-18-13(15)12(24(3,20)21)14(17-18)23-2/h4-7H,8,15H2,1-3H3,(H,16,19). The summed E-state index contributed by atoms with van der Waals surface area (Å²) in [6.45, 7) is -0.168. The second kappa shape index (κ2) is 7.49. The fraction of sp³-hybridized carbons (Fsp3) is 0.286. The van der Waals surface area contributed by atoms with Crippen molar-refractivity contribution < 1.29 is 13.2 Å². The van der Waals surface area contributed by atoms with Crippen molar-refractivity contribution in [1.29, 1.82) is 0 Å². The monoisotopic (exact) mass is 386 g/mol. The van der Waals surface area contributed by atoms with Crippen LogP contribution in [0.2, 0.25) is 0 Å². The van der Waals surface area contributed by atoms with E-state index in [0.29, 0.717) is 5.69 Å². The van der Waals surface area contributed by atoms with Crippen molar-refractivity contribution in [1.82, 2.24) is 9.78 Å². The molecule has 0 saturated heterocycles. The van der Waals surface area contributed by atoms with Crippen LogP contribution in [0, 0.1) is 0 Å². The molecular weight excluding hydrogens is 368 g/mol. The number of hydrogen-bond donors (Lipinski definition) is 2. The van der Waals surface area contributed by atoms with E-state index in [1.54, 1.807) is 24.1 Å². The van der Waals surface area contributed by atoms with Crippen LogP contribution in [0.25, 0.3) is 0 Å². The third-order valence-electron chi connectivity index (χ3n) is 3.13. The molecule has 2 aromatic rings.